The quantitative estimate of drug-likeness (QED) is 0.778. The van der Waals surface area contributed by atoms with E-state index in [2.05, 4.69) is 46.1 Å². The number of carbonyl (C=O) groups excluding carboxylic acids is 1. The molecule has 0 N–H and O–H groups in total. The average Bonchev–Trinajstić information content (AvgIpc) is 3.03. The standard InChI is InChI=1S/C19H25N3O3/c1-15-8-9-21(14-18-17(12-20-25-18)19(23)24-2)10-11-22(15)13-16-6-4-3-5-7-16/h3-7,12,15H,8-11,13-14H2,1-2H3/t15-/m1/s1. The van der Waals surface area contributed by atoms with E-state index in [1.165, 1.54) is 18.9 Å². The van der Waals surface area contributed by atoms with Gasteiger partial charge in [-0.2, -0.15) is 0 Å². The molecule has 1 aliphatic heterocycles. The van der Waals surface area contributed by atoms with Gasteiger partial charge in [0.2, 0.25) is 0 Å². The molecule has 25 heavy (non-hydrogen) atoms. The van der Waals surface area contributed by atoms with Crippen molar-refractivity contribution in [3.05, 3.63) is 53.4 Å². The summed E-state index contributed by atoms with van der Waals surface area (Å²) in [5.74, 6) is 0.182. The predicted molar refractivity (Wildman–Crippen MR) is 94.1 cm³/mol. The number of nitrogens with zero attached hydrogens (tertiary/aromatic N) is 3. The molecule has 1 saturated heterocycles. The Labute approximate surface area is 148 Å². The van der Waals surface area contributed by atoms with Crippen LogP contribution in [0, 0.1) is 0 Å². The van der Waals surface area contributed by atoms with Crippen LogP contribution in [0.1, 0.15) is 35.0 Å². The highest BCUT2D eigenvalue weighted by molar-refractivity contribution is 5.89. The van der Waals surface area contributed by atoms with E-state index in [9.17, 15) is 4.79 Å². The Hall–Kier alpha value is -2.18. The Morgan fingerprint density at radius 1 is 1.24 bits per heavy atom. The number of rotatable bonds is 5. The van der Waals surface area contributed by atoms with Crippen molar-refractivity contribution in [1.82, 2.24) is 15.0 Å². The van der Waals surface area contributed by atoms with Gasteiger partial charge in [-0.05, 0) is 18.9 Å². The van der Waals surface area contributed by atoms with E-state index in [0.717, 1.165) is 32.6 Å². The predicted octanol–water partition coefficient (Wildman–Crippen LogP) is 2.56. The van der Waals surface area contributed by atoms with Crippen molar-refractivity contribution >= 4 is 5.97 Å². The number of benzene rings is 1. The molecule has 0 spiro atoms. The van der Waals surface area contributed by atoms with Crippen molar-refractivity contribution < 1.29 is 14.1 Å². The minimum Gasteiger partial charge on any atom is -0.465 e. The molecule has 1 fully saturated rings. The Morgan fingerprint density at radius 3 is 2.80 bits per heavy atom. The summed E-state index contributed by atoms with van der Waals surface area (Å²) in [6, 6.07) is 11.1. The first kappa shape index (κ1) is 17.6. The number of aromatic nitrogens is 1. The second kappa shape index (κ2) is 8.27. The fourth-order valence-corrected chi connectivity index (χ4v) is 3.22. The summed E-state index contributed by atoms with van der Waals surface area (Å²) in [5.41, 5.74) is 1.76. The molecule has 2 aromatic rings. The van der Waals surface area contributed by atoms with Crippen molar-refractivity contribution in [3.8, 4) is 0 Å². The van der Waals surface area contributed by atoms with Gasteiger partial charge in [0, 0.05) is 32.2 Å². The van der Waals surface area contributed by atoms with E-state index in [1.54, 1.807) is 0 Å². The maximum absolute atomic E-state index is 11.8. The maximum Gasteiger partial charge on any atom is 0.343 e. The molecule has 1 aliphatic rings. The topological polar surface area (TPSA) is 58.8 Å². The third-order valence-electron chi connectivity index (χ3n) is 4.84. The zero-order chi connectivity index (χ0) is 17.6. The number of ether oxygens (including phenoxy) is 1. The minimum absolute atomic E-state index is 0.398. The largest absolute Gasteiger partial charge is 0.465 e. The molecule has 0 aliphatic carbocycles. The first-order valence-electron chi connectivity index (χ1n) is 8.69. The summed E-state index contributed by atoms with van der Waals surface area (Å²) in [5, 5.41) is 3.75. The number of carbonyl (C=O) groups is 1. The van der Waals surface area contributed by atoms with Gasteiger partial charge in [0.05, 0.1) is 19.9 Å². The van der Waals surface area contributed by atoms with Crippen LogP contribution in [0.4, 0.5) is 0 Å². The van der Waals surface area contributed by atoms with Crippen LogP contribution in [-0.4, -0.2) is 53.7 Å². The molecular weight excluding hydrogens is 318 g/mol. The van der Waals surface area contributed by atoms with Crippen LogP contribution in [0.2, 0.25) is 0 Å². The fraction of sp³-hybridized carbons (Fsp3) is 0.474. The SMILES string of the molecule is COC(=O)c1cnoc1CN1CC[C@@H](C)N(Cc2ccccc2)CC1. The van der Waals surface area contributed by atoms with Crippen molar-refractivity contribution in [3.63, 3.8) is 0 Å². The molecule has 0 amide bonds. The molecule has 134 valence electrons. The van der Waals surface area contributed by atoms with Gasteiger partial charge in [0.15, 0.2) is 5.76 Å². The highest BCUT2D eigenvalue weighted by atomic mass is 16.5. The summed E-state index contributed by atoms with van der Waals surface area (Å²) in [4.78, 5) is 16.6. The van der Waals surface area contributed by atoms with Crippen LogP contribution in [0.15, 0.2) is 41.1 Å². The molecule has 0 radical (unpaired) electrons. The van der Waals surface area contributed by atoms with Gasteiger partial charge < -0.3 is 9.26 Å². The van der Waals surface area contributed by atoms with Gasteiger partial charge in [0.1, 0.15) is 5.56 Å². The van der Waals surface area contributed by atoms with Gasteiger partial charge >= 0.3 is 5.97 Å². The van der Waals surface area contributed by atoms with Crippen molar-refractivity contribution in [2.24, 2.45) is 0 Å². The summed E-state index contributed by atoms with van der Waals surface area (Å²) in [6.45, 7) is 6.70. The lowest BCUT2D eigenvalue weighted by Crippen LogP contribution is -2.34. The normalized spacial score (nSPS) is 19.5. The third kappa shape index (κ3) is 4.46. The number of esters is 1. The summed E-state index contributed by atoms with van der Waals surface area (Å²) < 4.78 is 10.1. The van der Waals surface area contributed by atoms with Crippen LogP contribution < -0.4 is 0 Å². The molecule has 1 atom stereocenters. The molecule has 1 aromatic carbocycles. The Morgan fingerprint density at radius 2 is 2.04 bits per heavy atom. The van der Waals surface area contributed by atoms with Crippen LogP contribution in [0.3, 0.4) is 0 Å². The number of methoxy groups -OCH3 is 1. The first-order chi connectivity index (χ1) is 12.2. The first-order valence-corrected chi connectivity index (χ1v) is 8.69. The van der Waals surface area contributed by atoms with E-state index >= 15 is 0 Å². The van der Waals surface area contributed by atoms with Gasteiger partial charge in [-0.25, -0.2) is 4.79 Å². The molecule has 0 saturated carbocycles. The van der Waals surface area contributed by atoms with E-state index in [-0.39, 0.29) is 0 Å². The Kier molecular flexibility index (Phi) is 5.83. The maximum atomic E-state index is 11.8. The van der Waals surface area contributed by atoms with Gasteiger partial charge in [-0.15, -0.1) is 0 Å². The second-order valence-electron chi connectivity index (χ2n) is 6.52. The number of hydrogen-bond acceptors (Lipinski definition) is 6. The van der Waals surface area contributed by atoms with Crippen molar-refractivity contribution in [2.45, 2.75) is 32.5 Å². The Bertz CT molecular complexity index is 686. The van der Waals surface area contributed by atoms with E-state index in [4.69, 9.17) is 9.26 Å². The molecule has 0 unspecified atom stereocenters. The molecule has 3 rings (SSSR count). The summed E-state index contributed by atoms with van der Waals surface area (Å²) in [6.07, 6.45) is 2.51. The Balaban J connectivity index is 1.61. The van der Waals surface area contributed by atoms with E-state index in [0.29, 0.717) is 23.9 Å². The molecule has 6 nitrogen and oxygen atoms in total. The van der Waals surface area contributed by atoms with Crippen LogP contribution in [0.5, 0.6) is 0 Å². The lowest BCUT2D eigenvalue weighted by molar-refractivity contribution is 0.0596. The zero-order valence-corrected chi connectivity index (χ0v) is 14.9. The van der Waals surface area contributed by atoms with Gasteiger partial charge in [-0.3, -0.25) is 9.80 Å². The van der Waals surface area contributed by atoms with Gasteiger partial charge in [-0.1, -0.05) is 35.5 Å². The highest BCUT2D eigenvalue weighted by Crippen LogP contribution is 2.18. The van der Waals surface area contributed by atoms with Crippen molar-refractivity contribution in [2.75, 3.05) is 26.7 Å². The lowest BCUT2D eigenvalue weighted by atomic mass is 10.1. The van der Waals surface area contributed by atoms with Crippen LogP contribution >= 0.6 is 0 Å². The fourth-order valence-electron chi connectivity index (χ4n) is 3.22. The van der Waals surface area contributed by atoms with E-state index in [1.807, 2.05) is 6.07 Å². The molecule has 2 heterocycles. The lowest BCUT2D eigenvalue weighted by Gasteiger charge is -2.26. The smallest absolute Gasteiger partial charge is 0.343 e. The average molecular weight is 343 g/mol. The molecule has 6 heteroatoms. The summed E-state index contributed by atoms with van der Waals surface area (Å²) in [7, 11) is 1.37. The highest BCUT2D eigenvalue weighted by Gasteiger charge is 2.24. The summed E-state index contributed by atoms with van der Waals surface area (Å²) >= 11 is 0. The van der Waals surface area contributed by atoms with Crippen LogP contribution in [0.25, 0.3) is 0 Å². The second-order valence-corrected chi connectivity index (χ2v) is 6.52. The zero-order valence-electron chi connectivity index (χ0n) is 14.9. The van der Waals surface area contributed by atoms with E-state index < -0.39 is 5.97 Å². The van der Waals surface area contributed by atoms with Gasteiger partial charge in [0.25, 0.3) is 0 Å². The minimum atomic E-state index is -0.398. The molecule has 1 aromatic heterocycles. The molecular formula is C19H25N3O3. The number of hydrogen-bond donors (Lipinski definition) is 0. The van der Waals surface area contributed by atoms with Crippen LogP contribution in [-0.2, 0) is 17.8 Å². The monoisotopic (exact) mass is 343 g/mol. The van der Waals surface area contributed by atoms with Crippen molar-refractivity contribution in [1.29, 1.82) is 0 Å². The third-order valence-corrected chi connectivity index (χ3v) is 4.84. The molecule has 0 bridgehead atoms.